The van der Waals surface area contributed by atoms with E-state index in [-0.39, 0.29) is 10.6 Å². The number of aryl methyl sites for hydroxylation is 1. The second kappa shape index (κ2) is 5.01. The maximum absolute atomic E-state index is 10.7. The Morgan fingerprint density at radius 3 is 2.47 bits per heavy atom. The molecule has 0 saturated heterocycles. The highest BCUT2D eigenvalue weighted by molar-refractivity contribution is 7.99. The molecule has 0 amide bonds. The second-order valence-electron chi connectivity index (χ2n) is 3.62. The van der Waals surface area contributed by atoms with Gasteiger partial charge in [0.05, 0.1) is 4.92 Å². The molecule has 4 heteroatoms. The highest BCUT2D eigenvalue weighted by atomic mass is 32.2. The third-order valence-corrected chi connectivity index (χ3v) is 3.52. The zero-order valence-electron chi connectivity index (χ0n) is 9.29. The van der Waals surface area contributed by atoms with Gasteiger partial charge in [0.2, 0.25) is 0 Å². The Morgan fingerprint density at radius 2 is 1.82 bits per heavy atom. The lowest BCUT2D eigenvalue weighted by Gasteiger charge is -2.05. The summed E-state index contributed by atoms with van der Waals surface area (Å²) in [7, 11) is 0. The van der Waals surface area contributed by atoms with E-state index >= 15 is 0 Å². The summed E-state index contributed by atoms with van der Waals surface area (Å²) in [6.45, 7) is 1.95. The molecular formula is C13H11NO2S. The van der Waals surface area contributed by atoms with E-state index in [1.807, 2.05) is 37.3 Å². The summed E-state index contributed by atoms with van der Waals surface area (Å²) in [5.74, 6) is 0. The van der Waals surface area contributed by atoms with Crippen molar-refractivity contribution in [1.82, 2.24) is 0 Å². The third kappa shape index (κ3) is 2.85. The first-order valence-electron chi connectivity index (χ1n) is 5.15. The van der Waals surface area contributed by atoms with E-state index in [9.17, 15) is 10.1 Å². The predicted octanol–water partition coefficient (Wildman–Crippen LogP) is 4.05. The molecule has 0 saturated carbocycles. The molecule has 0 aliphatic heterocycles. The van der Waals surface area contributed by atoms with Crippen LogP contribution >= 0.6 is 11.8 Å². The summed E-state index contributed by atoms with van der Waals surface area (Å²) in [5, 5.41) is 10.7. The van der Waals surface area contributed by atoms with Gasteiger partial charge in [-0.15, -0.1) is 0 Å². The Morgan fingerprint density at radius 1 is 1.12 bits per heavy atom. The van der Waals surface area contributed by atoms with Gasteiger partial charge >= 0.3 is 0 Å². The van der Waals surface area contributed by atoms with Crippen LogP contribution in [-0.4, -0.2) is 4.92 Å². The Hall–Kier alpha value is -1.81. The molecule has 2 rings (SSSR count). The van der Waals surface area contributed by atoms with Crippen molar-refractivity contribution < 1.29 is 4.92 Å². The van der Waals surface area contributed by atoms with Crippen molar-refractivity contribution in [2.24, 2.45) is 0 Å². The largest absolute Gasteiger partial charge is 0.270 e. The summed E-state index contributed by atoms with van der Waals surface area (Å²) in [5.41, 5.74) is 1.18. The van der Waals surface area contributed by atoms with E-state index < -0.39 is 0 Å². The van der Waals surface area contributed by atoms with Crippen molar-refractivity contribution in [3.8, 4) is 0 Å². The molecule has 0 aliphatic carbocycles. The van der Waals surface area contributed by atoms with Crippen molar-refractivity contribution in [1.29, 1.82) is 0 Å². The van der Waals surface area contributed by atoms with Crippen LogP contribution in [0.1, 0.15) is 5.56 Å². The average molecular weight is 245 g/mol. The van der Waals surface area contributed by atoms with Gasteiger partial charge in [0.1, 0.15) is 0 Å². The summed E-state index contributed by atoms with van der Waals surface area (Å²) in [4.78, 5) is 12.3. The molecule has 0 unspecified atom stereocenters. The Balaban J connectivity index is 2.32. The van der Waals surface area contributed by atoms with Crippen LogP contribution in [0.2, 0.25) is 0 Å². The van der Waals surface area contributed by atoms with Gasteiger partial charge in [-0.25, -0.2) is 0 Å². The van der Waals surface area contributed by atoms with E-state index in [1.54, 1.807) is 23.9 Å². The number of hydrogen-bond donors (Lipinski definition) is 0. The van der Waals surface area contributed by atoms with Gasteiger partial charge in [-0.05, 0) is 24.6 Å². The van der Waals surface area contributed by atoms with E-state index in [1.165, 1.54) is 6.07 Å². The van der Waals surface area contributed by atoms with Gasteiger partial charge in [-0.1, -0.05) is 36.0 Å². The molecule has 86 valence electrons. The molecular weight excluding hydrogens is 234 g/mol. The molecule has 0 aromatic heterocycles. The van der Waals surface area contributed by atoms with Crippen molar-refractivity contribution >= 4 is 17.4 Å². The number of nitrogens with zero attached hydrogens (tertiary/aromatic N) is 1. The van der Waals surface area contributed by atoms with Crippen LogP contribution in [-0.2, 0) is 0 Å². The van der Waals surface area contributed by atoms with Crippen LogP contribution in [0.3, 0.4) is 0 Å². The van der Waals surface area contributed by atoms with Crippen LogP contribution < -0.4 is 0 Å². The molecule has 0 atom stereocenters. The maximum atomic E-state index is 10.7. The Labute approximate surface area is 104 Å². The lowest BCUT2D eigenvalue weighted by atomic mass is 10.2. The zero-order valence-corrected chi connectivity index (χ0v) is 10.1. The Bertz CT molecular complexity index is 540. The van der Waals surface area contributed by atoms with Gasteiger partial charge in [-0.2, -0.15) is 0 Å². The molecule has 3 nitrogen and oxygen atoms in total. The van der Waals surface area contributed by atoms with Crippen LogP contribution in [0.5, 0.6) is 0 Å². The van der Waals surface area contributed by atoms with E-state index in [0.717, 1.165) is 15.4 Å². The molecule has 0 bridgehead atoms. The highest BCUT2D eigenvalue weighted by Crippen LogP contribution is 2.32. The van der Waals surface area contributed by atoms with E-state index in [2.05, 4.69) is 0 Å². The van der Waals surface area contributed by atoms with Gasteiger partial charge in [-0.3, -0.25) is 10.1 Å². The fraction of sp³-hybridized carbons (Fsp3) is 0.0769. The quantitative estimate of drug-likeness (QED) is 0.605. The van der Waals surface area contributed by atoms with Crippen LogP contribution in [0.25, 0.3) is 0 Å². The van der Waals surface area contributed by atoms with Crippen molar-refractivity contribution in [3.63, 3.8) is 0 Å². The van der Waals surface area contributed by atoms with E-state index in [0.29, 0.717) is 0 Å². The minimum Gasteiger partial charge on any atom is -0.258 e. The number of rotatable bonds is 3. The van der Waals surface area contributed by atoms with Crippen molar-refractivity contribution in [2.75, 3.05) is 0 Å². The third-order valence-electron chi connectivity index (χ3n) is 2.35. The molecule has 0 N–H and O–H groups in total. The highest BCUT2D eigenvalue weighted by Gasteiger charge is 2.09. The fourth-order valence-corrected chi connectivity index (χ4v) is 2.38. The smallest absolute Gasteiger partial charge is 0.258 e. The summed E-state index contributed by atoms with van der Waals surface area (Å²) >= 11 is 1.54. The van der Waals surface area contributed by atoms with Gasteiger partial charge < -0.3 is 0 Å². The number of nitro benzene ring substituents is 1. The molecule has 0 radical (unpaired) electrons. The van der Waals surface area contributed by atoms with Crippen LogP contribution in [0.15, 0.2) is 58.3 Å². The second-order valence-corrected chi connectivity index (χ2v) is 4.74. The van der Waals surface area contributed by atoms with Crippen molar-refractivity contribution in [3.05, 3.63) is 64.2 Å². The SMILES string of the molecule is Cc1ccc([N+](=O)[O-])cc1Sc1ccccc1. The normalized spacial score (nSPS) is 10.2. The number of nitro groups is 1. The van der Waals surface area contributed by atoms with Gasteiger partial charge in [0.15, 0.2) is 0 Å². The Kier molecular flexibility index (Phi) is 3.44. The lowest BCUT2D eigenvalue weighted by Crippen LogP contribution is -1.89. The summed E-state index contributed by atoms with van der Waals surface area (Å²) in [6, 6.07) is 14.8. The first kappa shape index (κ1) is 11.7. The average Bonchev–Trinajstić information content (AvgIpc) is 2.33. The minimum atomic E-state index is -0.367. The van der Waals surface area contributed by atoms with E-state index in [4.69, 9.17) is 0 Å². The lowest BCUT2D eigenvalue weighted by molar-refractivity contribution is -0.385. The van der Waals surface area contributed by atoms with Gasteiger partial charge in [0, 0.05) is 21.9 Å². The number of benzene rings is 2. The number of hydrogen-bond acceptors (Lipinski definition) is 3. The molecule has 0 spiro atoms. The topological polar surface area (TPSA) is 43.1 Å². The molecule has 2 aromatic carbocycles. The summed E-state index contributed by atoms with van der Waals surface area (Å²) in [6.07, 6.45) is 0. The maximum Gasteiger partial charge on any atom is 0.270 e. The number of non-ortho nitro benzene ring substituents is 1. The monoisotopic (exact) mass is 245 g/mol. The van der Waals surface area contributed by atoms with Gasteiger partial charge in [0.25, 0.3) is 5.69 Å². The molecule has 0 heterocycles. The first-order valence-corrected chi connectivity index (χ1v) is 5.96. The van der Waals surface area contributed by atoms with Crippen molar-refractivity contribution in [2.45, 2.75) is 16.7 Å². The molecule has 2 aromatic rings. The van der Waals surface area contributed by atoms with Crippen LogP contribution in [0, 0.1) is 17.0 Å². The first-order chi connectivity index (χ1) is 8.16. The standard InChI is InChI=1S/C13H11NO2S/c1-10-7-8-11(14(15)16)9-13(10)17-12-5-3-2-4-6-12/h2-9H,1H3. The zero-order chi connectivity index (χ0) is 12.3. The minimum absolute atomic E-state index is 0.133. The molecule has 17 heavy (non-hydrogen) atoms. The molecule has 0 aliphatic rings. The molecule has 0 fully saturated rings. The predicted molar refractivity (Wildman–Crippen MR) is 68.4 cm³/mol. The summed E-state index contributed by atoms with van der Waals surface area (Å²) < 4.78 is 0. The van der Waals surface area contributed by atoms with Crippen LogP contribution in [0.4, 0.5) is 5.69 Å². The fourth-order valence-electron chi connectivity index (χ4n) is 1.43.